The number of anilines is 1. The molecule has 20 heavy (non-hydrogen) atoms. The molecule has 0 amide bonds. The van der Waals surface area contributed by atoms with Crippen LogP contribution in [0.2, 0.25) is 0 Å². The van der Waals surface area contributed by atoms with Crippen molar-refractivity contribution in [2.24, 2.45) is 5.41 Å². The highest BCUT2D eigenvalue weighted by atomic mass is 16.3. The number of aliphatic hydroxyl groups is 1. The molecule has 0 atom stereocenters. The molecule has 0 aliphatic heterocycles. The summed E-state index contributed by atoms with van der Waals surface area (Å²) in [4.78, 5) is 9.25. The third-order valence-corrected chi connectivity index (χ3v) is 4.43. The van der Waals surface area contributed by atoms with Crippen LogP contribution >= 0.6 is 0 Å². The first-order chi connectivity index (χ1) is 9.72. The molecular weight excluding hydrogens is 250 g/mol. The van der Waals surface area contributed by atoms with Crippen LogP contribution in [0.4, 0.5) is 5.82 Å². The van der Waals surface area contributed by atoms with Gasteiger partial charge < -0.3 is 10.4 Å². The quantitative estimate of drug-likeness (QED) is 0.878. The molecule has 1 heterocycles. The second-order valence-electron chi connectivity index (χ2n) is 5.83. The summed E-state index contributed by atoms with van der Waals surface area (Å²) in [5, 5.41) is 12.7. The summed E-state index contributed by atoms with van der Waals surface area (Å²) < 4.78 is 0. The summed E-state index contributed by atoms with van der Waals surface area (Å²) in [5.74, 6) is 0.868. The molecule has 0 unspecified atom stereocenters. The minimum atomic E-state index is 0.258. The van der Waals surface area contributed by atoms with Crippen LogP contribution < -0.4 is 5.32 Å². The minimum absolute atomic E-state index is 0.258. The molecule has 3 rings (SSSR count). The predicted molar refractivity (Wildman–Crippen MR) is 80.8 cm³/mol. The standard InChI is InChI=1S/C16H21N3O/c1-12-15(17-11-16(9-10-20)7-4-8-16)19-14-6-3-2-5-13(14)18-12/h2-3,5-6,20H,4,7-11H2,1H3,(H,17,19). The number of hydrogen-bond donors (Lipinski definition) is 2. The predicted octanol–water partition coefficient (Wildman–Crippen LogP) is 2.90. The summed E-state index contributed by atoms with van der Waals surface area (Å²) in [6.45, 7) is 3.13. The van der Waals surface area contributed by atoms with Gasteiger partial charge in [-0.3, -0.25) is 0 Å². The highest BCUT2D eigenvalue weighted by Gasteiger charge is 2.36. The molecule has 4 nitrogen and oxygen atoms in total. The van der Waals surface area contributed by atoms with Gasteiger partial charge in [0.2, 0.25) is 0 Å². The lowest BCUT2D eigenvalue weighted by Gasteiger charge is -2.42. The van der Waals surface area contributed by atoms with Crippen molar-refractivity contribution in [3.8, 4) is 0 Å². The van der Waals surface area contributed by atoms with Gasteiger partial charge in [0, 0.05) is 13.2 Å². The van der Waals surface area contributed by atoms with Gasteiger partial charge >= 0.3 is 0 Å². The van der Waals surface area contributed by atoms with E-state index in [1.165, 1.54) is 19.3 Å². The van der Waals surface area contributed by atoms with Gasteiger partial charge in [0.25, 0.3) is 0 Å². The van der Waals surface area contributed by atoms with Crippen molar-refractivity contribution in [1.29, 1.82) is 0 Å². The number of benzene rings is 1. The minimum Gasteiger partial charge on any atom is -0.396 e. The van der Waals surface area contributed by atoms with Crippen LogP contribution in [0.1, 0.15) is 31.4 Å². The molecule has 0 bridgehead atoms. The first-order valence-electron chi connectivity index (χ1n) is 7.31. The number of para-hydroxylation sites is 2. The number of hydrogen-bond acceptors (Lipinski definition) is 4. The Morgan fingerprint density at radius 2 is 1.90 bits per heavy atom. The van der Waals surface area contributed by atoms with Crippen LogP contribution in [0.15, 0.2) is 24.3 Å². The van der Waals surface area contributed by atoms with E-state index >= 15 is 0 Å². The molecule has 106 valence electrons. The summed E-state index contributed by atoms with van der Waals surface area (Å²) >= 11 is 0. The molecule has 2 aromatic rings. The lowest BCUT2D eigenvalue weighted by Crippen LogP contribution is -2.37. The van der Waals surface area contributed by atoms with Gasteiger partial charge in [0.05, 0.1) is 16.7 Å². The maximum absolute atomic E-state index is 9.20. The summed E-state index contributed by atoms with van der Waals surface area (Å²) in [5.41, 5.74) is 3.05. The normalized spacial score (nSPS) is 16.9. The van der Waals surface area contributed by atoms with E-state index in [9.17, 15) is 5.11 Å². The Morgan fingerprint density at radius 1 is 1.20 bits per heavy atom. The van der Waals surface area contributed by atoms with Crippen LogP contribution in [0.5, 0.6) is 0 Å². The number of aliphatic hydroxyl groups excluding tert-OH is 1. The zero-order valence-electron chi connectivity index (χ0n) is 11.9. The van der Waals surface area contributed by atoms with Gasteiger partial charge in [0.15, 0.2) is 0 Å². The van der Waals surface area contributed by atoms with Crippen LogP contribution in [0.25, 0.3) is 11.0 Å². The van der Waals surface area contributed by atoms with Crippen LogP contribution in [-0.4, -0.2) is 28.2 Å². The van der Waals surface area contributed by atoms with Crippen molar-refractivity contribution in [3.05, 3.63) is 30.0 Å². The Balaban J connectivity index is 1.78. The molecule has 1 fully saturated rings. The van der Waals surface area contributed by atoms with E-state index in [0.717, 1.165) is 35.5 Å². The van der Waals surface area contributed by atoms with Gasteiger partial charge in [-0.25, -0.2) is 9.97 Å². The maximum atomic E-state index is 9.20. The molecule has 0 spiro atoms. The van der Waals surface area contributed by atoms with E-state index in [4.69, 9.17) is 0 Å². The second-order valence-corrected chi connectivity index (χ2v) is 5.83. The lowest BCUT2D eigenvalue weighted by molar-refractivity contribution is 0.101. The third-order valence-electron chi connectivity index (χ3n) is 4.43. The number of nitrogens with zero attached hydrogens (tertiary/aromatic N) is 2. The number of aryl methyl sites for hydroxylation is 1. The average molecular weight is 271 g/mol. The Bertz CT molecular complexity index is 608. The number of rotatable bonds is 5. The van der Waals surface area contributed by atoms with Gasteiger partial charge in [-0.15, -0.1) is 0 Å². The molecular formula is C16H21N3O. The summed E-state index contributed by atoms with van der Waals surface area (Å²) in [6.07, 6.45) is 4.53. The van der Waals surface area contributed by atoms with Gasteiger partial charge in [-0.1, -0.05) is 18.6 Å². The summed E-state index contributed by atoms with van der Waals surface area (Å²) in [7, 11) is 0. The Kier molecular flexibility index (Phi) is 3.57. The van der Waals surface area contributed by atoms with Gasteiger partial charge in [-0.2, -0.15) is 0 Å². The first kappa shape index (κ1) is 13.3. The largest absolute Gasteiger partial charge is 0.396 e. The van der Waals surface area contributed by atoms with Crippen molar-refractivity contribution in [3.63, 3.8) is 0 Å². The van der Waals surface area contributed by atoms with Crippen molar-refractivity contribution in [2.45, 2.75) is 32.6 Å². The number of aromatic nitrogens is 2. The second kappa shape index (κ2) is 5.37. The lowest BCUT2D eigenvalue weighted by atomic mass is 9.67. The fourth-order valence-electron chi connectivity index (χ4n) is 2.96. The van der Waals surface area contributed by atoms with Gasteiger partial charge in [-0.05, 0) is 43.7 Å². The van der Waals surface area contributed by atoms with Gasteiger partial charge in [0.1, 0.15) is 5.82 Å². The molecule has 0 saturated heterocycles. The smallest absolute Gasteiger partial charge is 0.148 e. The van der Waals surface area contributed by atoms with Crippen molar-refractivity contribution < 1.29 is 5.11 Å². The fraction of sp³-hybridized carbons (Fsp3) is 0.500. The van der Waals surface area contributed by atoms with Crippen LogP contribution in [0.3, 0.4) is 0 Å². The maximum Gasteiger partial charge on any atom is 0.148 e. The first-order valence-corrected chi connectivity index (χ1v) is 7.31. The van der Waals surface area contributed by atoms with E-state index in [2.05, 4.69) is 15.3 Å². The SMILES string of the molecule is Cc1nc2ccccc2nc1NCC1(CCO)CCC1. The Labute approximate surface area is 119 Å². The molecule has 4 heteroatoms. The number of fused-ring (bicyclic) bond motifs is 1. The molecule has 2 N–H and O–H groups in total. The van der Waals surface area contributed by atoms with E-state index < -0.39 is 0 Å². The van der Waals surface area contributed by atoms with E-state index in [1.54, 1.807) is 0 Å². The third kappa shape index (κ3) is 2.48. The molecule has 1 aromatic carbocycles. The highest BCUT2D eigenvalue weighted by Crippen LogP contribution is 2.43. The summed E-state index contributed by atoms with van der Waals surface area (Å²) in [6, 6.07) is 7.93. The topological polar surface area (TPSA) is 58.0 Å². The van der Waals surface area contributed by atoms with Crippen LogP contribution in [0, 0.1) is 12.3 Å². The Hall–Kier alpha value is -1.68. The van der Waals surface area contributed by atoms with Crippen molar-refractivity contribution in [2.75, 3.05) is 18.5 Å². The zero-order chi connectivity index (χ0) is 14.0. The average Bonchev–Trinajstić information content (AvgIpc) is 2.41. The number of nitrogens with one attached hydrogen (secondary N) is 1. The molecule has 1 aromatic heterocycles. The molecule has 1 aliphatic rings. The van der Waals surface area contributed by atoms with Crippen molar-refractivity contribution in [1.82, 2.24) is 9.97 Å². The van der Waals surface area contributed by atoms with Crippen LogP contribution in [-0.2, 0) is 0 Å². The fourth-order valence-corrected chi connectivity index (χ4v) is 2.96. The molecule has 1 aliphatic carbocycles. The zero-order valence-corrected chi connectivity index (χ0v) is 11.9. The molecule has 0 radical (unpaired) electrons. The molecule has 1 saturated carbocycles. The van der Waals surface area contributed by atoms with E-state index in [-0.39, 0.29) is 12.0 Å². The monoisotopic (exact) mass is 271 g/mol. The highest BCUT2D eigenvalue weighted by molar-refractivity contribution is 5.76. The Morgan fingerprint density at radius 3 is 2.50 bits per heavy atom. The van der Waals surface area contributed by atoms with E-state index in [0.29, 0.717) is 0 Å². The van der Waals surface area contributed by atoms with Crippen molar-refractivity contribution >= 4 is 16.9 Å². The van der Waals surface area contributed by atoms with E-state index in [1.807, 2.05) is 31.2 Å².